The van der Waals surface area contributed by atoms with Crippen molar-refractivity contribution in [3.63, 3.8) is 0 Å². The van der Waals surface area contributed by atoms with Crippen molar-refractivity contribution in [2.24, 2.45) is 11.8 Å². The van der Waals surface area contributed by atoms with E-state index in [2.05, 4.69) is 0 Å². The Morgan fingerprint density at radius 2 is 1.38 bits per heavy atom. The molecule has 5 nitrogen and oxygen atoms in total. The first-order chi connectivity index (χ1) is 22.3. The van der Waals surface area contributed by atoms with Gasteiger partial charge in [0.05, 0.1) is 11.5 Å². The van der Waals surface area contributed by atoms with Crippen LogP contribution in [0.1, 0.15) is 75.3 Å². The molecular weight excluding hydrogens is 677 g/mol. The van der Waals surface area contributed by atoms with E-state index in [1.165, 1.54) is 4.90 Å². The summed E-state index contributed by atoms with van der Waals surface area (Å²) in [5.74, 6) is -5.37. The number of benzene rings is 2. The molecule has 0 spiro atoms. The molecular formula is C33H36F9NO4S. The zero-order chi connectivity index (χ0) is 35.2. The molecule has 2 aliphatic carbocycles. The average molecular weight is 714 g/mol. The van der Waals surface area contributed by atoms with Crippen molar-refractivity contribution in [2.45, 2.75) is 97.7 Å². The Morgan fingerprint density at radius 1 is 0.812 bits per heavy atom. The van der Waals surface area contributed by atoms with Crippen LogP contribution in [0.4, 0.5) is 39.5 Å². The van der Waals surface area contributed by atoms with Gasteiger partial charge in [0.15, 0.2) is 9.84 Å². The van der Waals surface area contributed by atoms with E-state index in [-0.39, 0.29) is 48.1 Å². The molecule has 0 radical (unpaired) electrons. The van der Waals surface area contributed by atoms with E-state index in [0.29, 0.717) is 25.0 Å². The lowest BCUT2D eigenvalue weighted by Crippen LogP contribution is -2.56. The summed E-state index contributed by atoms with van der Waals surface area (Å²) in [6, 6.07) is 6.60. The first kappa shape index (κ1) is 36.5. The smallest absolute Gasteiger partial charge is 0.354 e. The van der Waals surface area contributed by atoms with Crippen molar-refractivity contribution >= 4 is 15.7 Å². The summed E-state index contributed by atoms with van der Waals surface area (Å²) in [4.78, 5) is 14.5. The maximum absolute atomic E-state index is 14.5. The second-order valence-corrected chi connectivity index (χ2v) is 15.4. The van der Waals surface area contributed by atoms with E-state index in [1.807, 2.05) is 0 Å². The van der Waals surface area contributed by atoms with E-state index >= 15 is 0 Å². The number of alkyl halides is 8. The van der Waals surface area contributed by atoms with Crippen LogP contribution in [0.2, 0.25) is 0 Å². The minimum atomic E-state index is -6.04. The predicted octanol–water partition coefficient (Wildman–Crippen LogP) is 8.47. The molecule has 1 amide bonds. The Kier molecular flexibility index (Phi) is 9.99. The van der Waals surface area contributed by atoms with Crippen LogP contribution in [0, 0.1) is 17.7 Å². The van der Waals surface area contributed by atoms with Gasteiger partial charge in [0.2, 0.25) is 11.8 Å². The lowest BCUT2D eigenvalue weighted by Gasteiger charge is -2.39. The highest BCUT2D eigenvalue weighted by Gasteiger charge is 2.73. The molecule has 1 atom stereocenters. The van der Waals surface area contributed by atoms with Crippen LogP contribution < -0.4 is 0 Å². The van der Waals surface area contributed by atoms with E-state index in [0.717, 1.165) is 55.7 Å². The Labute approximate surface area is 272 Å². The van der Waals surface area contributed by atoms with Crippen LogP contribution in [0.5, 0.6) is 0 Å². The van der Waals surface area contributed by atoms with Gasteiger partial charge in [-0.05, 0) is 67.9 Å². The highest BCUT2D eigenvalue weighted by molar-refractivity contribution is 7.92. The lowest BCUT2D eigenvalue weighted by atomic mass is 9.86. The molecule has 1 aliphatic heterocycles. The summed E-state index contributed by atoms with van der Waals surface area (Å²) in [6.45, 7) is -1.53. The molecule has 3 aliphatic rings. The normalized spacial score (nSPS) is 23.4. The summed E-state index contributed by atoms with van der Waals surface area (Å²) in [7, 11) is -4.50. The number of sulfone groups is 1. The topological polar surface area (TPSA) is 63.7 Å². The Balaban J connectivity index is 1.54. The predicted molar refractivity (Wildman–Crippen MR) is 156 cm³/mol. The van der Waals surface area contributed by atoms with Crippen LogP contribution in [0.15, 0.2) is 53.4 Å². The van der Waals surface area contributed by atoms with Crippen LogP contribution >= 0.6 is 0 Å². The third-order valence-electron chi connectivity index (χ3n) is 10.1. The Morgan fingerprint density at radius 3 is 1.92 bits per heavy atom. The maximum Gasteiger partial charge on any atom is 0.430 e. The molecule has 266 valence electrons. The number of halogens is 9. The molecule has 1 heterocycles. The lowest BCUT2D eigenvalue weighted by molar-refractivity contribution is -0.391. The van der Waals surface area contributed by atoms with Gasteiger partial charge in [0.1, 0.15) is 10.6 Å². The standard InChI is InChI=1S/C33H36F9NO4S/c34-26-10-12-27(13-11-26)48(45,46)29(18-19-43(21-29)28(44)23-4-2-1-3-5-23)24-6-8-25(9-7-24)31(32(37,38)39,33(40,41)42)47-20-22-14-16-30(35,36)17-15-22/h6-13,22-23H,1-5,14-21H2/t29-/m0/s1. The van der Waals surface area contributed by atoms with Crippen LogP contribution in [0.25, 0.3) is 0 Å². The van der Waals surface area contributed by atoms with Gasteiger partial charge < -0.3 is 9.64 Å². The first-order valence-corrected chi connectivity index (χ1v) is 17.4. The number of nitrogens with zero attached hydrogens (tertiary/aromatic N) is 1. The third kappa shape index (κ3) is 6.69. The molecule has 0 aromatic heterocycles. The van der Waals surface area contributed by atoms with Crippen molar-refractivity contribution in [2.75, 3.05) is 19.7 Å². The van der Waals surface area contributed by atoms with Gasteiger partial charge in [-0.1, -0.05) is 43.5 Å². The SMILES string of the molecule is O=C(C1CCCCC1)N1CC[C@](c2ccc(C(OCC3CCC(F)(F)CC3)(C(F)(F)F)C(F)(F)F)cc2)(S(=O)(=O)c2ccc(F)cc2)C1. The van der Waals surface area contributed by atoms with E-state index in [1.54, 1.807) is 0 Å². The fourth-order valence-corrected chi connectivity index (χ4v) is 9.36. The van der Waals surface area contributed by atoms with Gasteiger partial charge in [-0.15, -0.1) is 0 Å². The summed E-state index contributed by atoms with van der Waals surface area (Å²) in [6.07, 6.45) is -10.5. The van der Waals surface area contributed by atoms with E-state index in [9.17, 15) is 52.7 Å². The molecule has 0 N–H and O–H groups in total. The van der Waals surface area contributed by atoms with Gasteiger partial charge in [-0.3, -0.25) is 4.79 Å². The van der Waals surface area contributed by atoms with Crippen LogP contribution in [0.3, 0.4) is 0 Å². The fraction of sp³-hybridized carbons (Fsp3) is 0.606. The maximum atomic E-state index is 14.5. The van der Waals surface area contributed by atoms with Gasteiger partial charge in [0.25, 0.3) is 5.60 Å². The monoisotopic (exact) mass is 713 g/mol. The number of carbonyl (C=O) groups excluding carboxylic acids is 1. The molecule has 48 heavy (non-hydrogen) atoms. The van der Waals surface area contributed by atoms with Crippen LogP contribution in [-0.2, 0) is 29.7 Å². The van der Waals surface area contributed by atoms with Crippen LogP contribution in [-0.4, -0.2) is 57.2 Å². The first-order valence-electron chi connectivity index (χ1n) is 15.9. The van der Waals surface area contributed by atoms with E-state index in [4.69, 9.17) is 4.74 Å². The van der Waals surface area contributed by atoms with Gasteiger partial charge in [-0.25, -0.2) is 21.6 Å². The summed E-state index contributed by atoms with van der Waals surface area (Å²) in [5, 5.41) is 0. The third-order valence-corrected chi connectivity index (χ3v) is 12.6. The molecule has 15 heteroatoms. The van der Waals surface area contributed by atoms with Crippen molar-refractivity contribution in [3.05, 3.63) is 65.5 Å². The zero-order valence-electron chi connectivity index (χ0n) is 25.9. The second-order valence-electron chi connectivity index (χ2n) is 13.2. The van der Waals surface area contributed by atoms with Crippen molar-refractivity contribution in [1.82, 2.24) is 4.90 Å². The minimum absolute atomic E-state index is 0.0317. The summed E-state index contributed by atoms with van der Waals surface area (Å²) in [5.41, 5.74) is -6.35. The number of hydrogen-bond donors (Lipinski definition) is 0. The fourth-order valence-electron chi connectivity index (χ4n) is 7.28. The van der Waals surface area contributed by atoms with Gasteiger partial charge >= 0.3 is 12.4 Å². The number of rotatable bonds is 8. The molecule has 2 saturated carbocycles. The summed E-state index contributed by atoms with van der Waals surface area (Å²) >= 11 is 0. The molecule has 3 fully saturated rings. The molecule has 5 rings (SSSR count). The number of likely N-dealkylation sites (tertiary alicyclic amines) is 1. The highest BCUT2D eigenvalue weighted by atomic mass is 32.2. The number of ether oxygens (including phenoxy) is 1. The highest BCUT2D eigenvalue weighted by Crippen LogP contribution is 2.54. The Hall–Kier alpha value is -2.81. The molecule has 0 bridgehead atoms. The van der Waals surface area contributed by atoms with E-state index < -0.39 is 81.8 Å². The minimum Gasteiger partial charge on any atom is -0.354 e. The number of hydrogen-bond acceptors (Lipinski definition) is 4. The largest absolute Gasteiger partial charge is 0.430 e. The van der Waals surface area contributed by atoms with Gasteiger partial charge in [-0.2, -0.15) is 26.3 Å². The van der Waals surface area contributed by atoms with Crippen molar-refractivity contribution < 1.29 is 57.5 Å². The van der Waals surface area contributed by atoms with Crippen molar-refractivity contribution in [3.8, 4) is 0 Å². The number of amides is 1. The second kappa shape index (κ2) is 13.1. The summed E-state index contributed by atoms with van der Waals surface area (Å²) < 4.78 is 159. The Bertz CT molecular complexity index is 1530. The number of carbonyl (C=O) groups is 1. The molecule has 2 aromatic rings. The zero-order valence-corrected chi connectivity index (χ0v) is 26.7. The van der Waals surface area contributed by atoms with Crippen molar-refractivity contribution in [1.29, 1.82) is 0 Å². The average Bonchev–Trinajstić information content (AvgIpc) is 3.49. The molecule has 1 saturated heterocycles. The quantitative estimate of drug-likeness (QED) is 0.204. The molecule has 2 aromatic carbocycles. The molecule has 0 unspecified atom stereocenters. The van der Waals surface area contributed by atoms with Gasteiger partial charge in [0, 0.05) is 37.4 Å².